The average molecular weight is 629 g/mol. The van der Waals surface area contributed by atoms with Crippen LogP contribution in [-0.2, 0) is 16.1 Å². The lowest BCUT2D eigenvalue weighted by Crippen LogP contribution is -2.51. The van der Waals surface area contributed by atoms with E-state index in [0.717, 1.165) is 30.3 Å². The summed E-state index contributed by atoms with van der Waals surface area (Å²) in [5.41, 5.74) is 4.59. The van der Waals surface area contributed by atoms with Crippen LogP contribution in [0.1, 0.15) is 40.1 Å². The van der Waals surface area contributed by atoms with Crippen molar-refractivity contribution in [3.05, 3.63) is 110 Å². The molecule has 2 aliphatic rings. The second-order valence-electron chi connectivity index (χ2n) is 11.3. The smallest absolute Gasteiger partial charge is 0.287 e. The Balaban J connectivity index is 0.000000436. The van der Waals surface area contributed by atoms with Crippen LogP contribution in [0.15, 0.2) is 82.0 Å². The van der Waals surface area contributed by atoms with Gasteiger partial charge in [0.1, 0.15) is 0 Å². The van der Waals surface area contributed by atoms with Crippen LogP contribution in [0.2, 0.25) is 5.02 Å². The van der Waals surface area contributed by atoms with E-state index in [2.05, 4.69) is 54.4 Å². The minimum atomic E-state index is -0.656. The first-order valence-electron chi connectivity index (χ1n) is 15.1. The normalized spacial score (nSPS) is 14.7. The van der Waals surface area contributed by atoms with Crippen LogP contribution < -0.4 is 15.6 Å². The first-order valence-corrected chi connectivity index (χ1v) is 15.5. The molecule has 0 atom stereocenters. The van der Waals surface area contributed by atoms with Gasteiger partial charge in [-0.15, -0.1) is 0 Å². The van der Waals surface area contributed by atoms with Gasteiger partial charge in [0.25, 0.3) is 5.91 Å². The first-order chi connectivity index (χ1) is 21.7. The summed E-state index contributed by atoms with van der Waals surface area (Å²) in [6.45, 7) is 7.66. The minimum Gasteiger partial charge on any atom is -0.449 e. The first kappa shape index (κ1) is 31.8. The zero-order valence-electron chi connectivity index (χ0n) is 25.6. The van der Waals surface area contributed by atoms with Crippen molar-refractivity contribution in [3.8, 4) is 0 Å². The molecule has 6 rings (SSSR count). The molecule has 3 aromatic carbocycles. The van der Waals surface area contributed by atoms with Crippen LogP contribution in [0.25, 0.3) is 11.0 Å². The molecule has 4 aromatic rings. The van der Waals surface area contributed by atoms with Gasteiger partial charge >= 0.3 is 0 Å². The van der Waals surface area contributed by atoms with Crippen LogP contribution in [0.3, 0.4) is 0 Å². The maximum atomic E-state index is 12.8. The molecule has 0 radical (unpaired) electrons. The van der Waals surface area contributed by atoms with Crippen LogP contribution in [0.4, 0.5) is 5.69 Å². The summed E-state index contributed by atoms with van der Waals surface area (Å²) >= 11 is 6.10. The van der Waals surface area contributed by atoms with Gasteiger partial charge in [-0.3, -0.25) is 19.2 Å². The Kier molecular flexibility index (Phi) is 10.2. The van der Waals surface area contributed by atoms with Crippen molar-refractivity contribution < 1.29 is 18.8 Å². The third-order valence-corrected chi connectivity index (χ3v) is 8.34. The van der Waals surface area contributed by atoms with Gasteiger partial charge in [0.2, 0.25) is 11.8 Å². The van der Waals surface area contributed by atoms with Crippen molar-refractivity contribution in [2.24, 2.45) is 0 Å². The van der Waals surface area contributed by atoms with E-state index in [-0.39, 0.29) is 45.5 Å². The number of para-hydroxylation sites is 2. The number of nitrogens with zero attached hydrogens (tertiary/aromatic N) is 3. The number of fused-ring (bicyclic) bond motifs is 1. The summed E-state index contributed by atoms with van der Waals surface area (Å²) in [5.74, 6) is -0.879. The van der Waals surface area contributed by atoms with Gasteiger partial charge in [0.15, 0.2) is 16.8 Å². The van der Waals surface area contributed by atoms with Crippen LogP contribution in [0, 0.1) is 13.8 Å². The molecule has 1 aromatic heterocycles. The lowest BCUT2D eigenvalue weighted by Gasteiger charge is -2.37. The summed E-state index contributed by atoms with van der Waals surface area (Å²) in [6.07, 6.45) is 1.51. The SMILES string of the molecule is Cc1ccc(C)cc1.O=C(NCC(=O)N1CCN(c2ccccc2CN2CCCC2=O)CC1)c1cc(=O)c2cccc(Cl)c2o1. The predicted molar refractivity (Wildman–Crippen MR) is 176 cm³/mol. The molecule has 0 unspecified atom stereocenters. The Labute approximate surface area is 267 Å². The standard InChI is InChI=1S/C27H27ClN4O5.C8H10/c28-20-7-3-6-19-22(33)15-23(37-26(19)20)27(36)29-16-25(35)31-13-11-30(12-14-31)21-8-2-1-5-18(21)17-32-10-4-9-24(32)34;1-7-3-5-8(2)6-4-7/h1-3,5-8,15H,4,9-14,16-17H2,(H,29,36);3-6H,1-2H3. The number of halogens is 1. The summed E-state index contributed by atoms with van der Waals surface area (Å²) in [6, 6.07) is 22.4. The number of carbonyl (C=O) groups is 3. The molecule has 0 spiro atoms. The second kappa shape index (κ2) is 14.4. The molecule has 0 bridgehead atoms. The third kappa shape index (κ3) is 7.91. The zero-order valence-corrected chi connectivity index (χ0v) is 26.3. The number of anilines is 1. The van der Waals surface area contributed by atoms with E-state index in [1.807, 2.05) is 23.1 Å². The Hall–Kier alpha value is -4.63. The van der Waals surface area contributed by atoms with Gasteiger partial charge in [0, 0.05) is 57.4 Å². The lowest BCUT2D eigenvalue weighted by molar-refractivity contribution is -0.130. The molecule has 1 N–H and O–H groups in total. The Morgan fingerprint density at radius 3 is 2.22 bits per heavy atom. The number of benzene rings is 3. The van der Waals surface area contributed by atoms with Gasteiger partial charge in [-0.1, -0.05) is 71.3 Å². The van der Waals surface area contributed by atoms with Crippen LogP contribution in [-0.4, -0.2) is 66.8 Å². The molecular weight excluding hydrogens is 592 g/mol. The molecule has 2 saturated heterocycles. The molecule has 2 fully saturated rings. The van der Waals surface area contributed by atoms with Crippen molar-refractivity contribution >= 4 is 46.0 Å². The summed E-state index contributed by atoms with van der Waals surface area (Å²) in [5, 5.41) is 3.06. The minimum absolute atomic E-state index is 0.138. The van der Waals surface area contributed by atoms with E-state index < -0.39 is 5.91 Å². The van der Waals surface area contributed by atoms with Crippen LogP contribution in [0.5, 0.6) is 0 Å². The van der Waals surface area contributed by atoms with E-state index in [0.29, 0.717) is 39.1 Å². The molecular formula is C35H37ClN4O5. The Morgan fingerprint density at radius 2 is 1.56 bits per heavy atom. The molecule has 0 aliphatic carbocycles. The van der Waals surface area contributed by atoms with Crippen molar-refractivity contribution in [1.29, 1.82) is 0 Å². The lowest BCUT2D eigenvalue weighted by atomic mass is 10.1. The number of hydrogen-bond donors (Lipinski definition) is 1. The number of nitrogens with one attached hydrogen (secondary N) is 1. The van der Waals surface area contributed by atoms with Crippen molar-refractivity contribution in [3.63, 3.8) is 0 Å². The quantitative estimate of drug-likeness (QED) is 0.324. The number of likely N-dealkylation sites (tertiary alicyclic amines) is 1. The number of carbonyl (C=O) groups excluding carboxylic acids is 3. The number of rotatable bonds is 6. The van der Waals surface area contributed by atoms with E-state index in [1.54, 1.807) is 23.1 Å². The van der Waals surface area contributed by atoms with Gasteiger partial charge in [-0.25, -0.2) is 0 Å². The largest absolute Gasteiger partial charge is 0.449 e. The molecule has 9 nitrogen and oxygen atoms in total. The van der Waals surface area contributed by atoms with Gasteiger partial charge in [-0.05, 0) is 44.0 Å². The van der Waals surface area contributed by atoms with Gasteiger partial charge in [0.05, 0.1) is 17.0 Å². The van der Waals surface area contributed by atoms with E-state index in [9.17, 15) is 19.2 Å². The fourth-order valence-corrected chi connectivity index (χ4v) is 5.69. The molecule has 3 heterocycles. The predicted octanol–water partition coefficient (Wildman–Crippen LogP) is 4.95. The van der Waals surface area contributed by atoms with E-state index in [1.165, 1.54) is 11.1 Å². The van der Waals surface area contributed by atoms with Crippen molar-refractivity contribution in [1.82, 2.24) is 15.1 Å². The fraction of sp³-hybridized carbons (Fsp3) is 0.314. The molecule has 10 heteroatoms. The van der Waals surface area contributed by atoms with Crippen LogP contribution >= 0.6 is 11.6 Å². The fourth-order valence-electron chi connectivity index (χ4n) is 5.47. The summed E-state index contributed by atoms with van der Waals surface area (Å²) in [4.78, 5) is 55.6. The zero-order chi connectivity index (χ0) is 31.9. The summed E-state index contributed by atoms with van der Waals surface area (Å²) in [7, 11) is 0. The Bertz CT molecular complexity index is 1720. The Morgan fingerprint density at radius 1 is 0.867 bits per heavy atom. The topological polar surface area (TPSA) is 103 Å². The highest BCUT2D eigenvalue weighted by Crippen LogP contribution is 2.25. The van der Waals surface area contributed by atoms with E-state index >= 15 is 0 Å². The molecule has 0 saturated carbocycles. The average Bonchev–Trinajstić information content (AvgIpc) is 3.46. The van der Waals surface area contributed by atoms with Crippen molar-refractivity contribution in [2.75, 3.05) is 44.2 Å². The second-order valence-corrected chi connectivity index (χ2v) is 11.8. The highest BCUT2D eigenvalue weighted by molar-refractivity contribution is 6.34. The number of piperazine rings is 1. The number of amides is 3. The maximum absolute atomic E-state index is 12.8. The summed E-state index contributed by atoms with van der Waals surface area (Å²) < 4.78 is 5.54. The molecule has 234 valence electrons. The molecule has 45 heavy (non-hydrogen) atoms. The molecule has 2 aliphatic heterocycles. The van der Waals surface area contributed by atoms with E-state index in [4.69, 9.17) is 16.0 Å². The van der Waals surface area contributed by atoms with Gasteiger partial charge in [-0.2, -0.15) is 0 Å². The highest BCUT2D eigenvalue weighted by atomic mass is 35.5. The maximum Gasteiger partial charge on any atom is 0.287 e. The third-order valence-electron chi connectivity index (χ3n) is 8.05. The van der Waals surface area contributed by atoms with Crippen molar-refractivity contribution in [2.45, 2.75) is 33.2 Å². The highest BCUT2D eigenvalue weighted by Gasteiger charge is 2.25. The number of aryl methyl sites for hydroxylation is 2. The number of hydrogen-bond acceptors (Lipinski definition) is 6. The molecule has 3 amide bonds. The monoisotopic (exact) mass is 628 g/mol. The van der Waals surface area contributed by atoms with Gasteiger partial charge < -0.3 is 24.4 Å².